The van der Waals surface area contributed by atoms with Gasteiger partial charge in [-0.05, 0) is 12.2 Å². The van der Waals surface area contributed by atoms with Gasteiger partial charge in [0.05, 0.1) is 0 Å². The van der Waals surface area contributed by atoms with Crippen LogP contribution in [0.2, 0.25) is 0 Å². The third kappa shape index (κ3) is 0.958. The molecule has 0 fully saturated rings. The monoisotopic (exact) mass is 167 g/mol. The first-order valence-electron chi connectivity index (χ1n) is 3.02. The Morgan fingerprint density at radius 2 is 2.45 bits per heavy atom. The summed E-state index contributed by atoms with van der Waals surface area (Å²) in [7, 11) is 0. The number of fused-ring (bicyclic) bond motifs is 1. The van der Waals surface area contributed by atoms with E-state index in [-0.39, 0.29) is 0 Å². The number of nitrogens with one attached hydrogen (secondary N) is 1. The minimum atomic E-state index is -0.421. The van der Waals surface area contributed by atoms with Crippen molar-refractivity contribution >= 4 is 35.2 Å². The number of nitrogens with two attached hydrogens (primary N) is 1. The maximum atomic E-state index is 5.57. The highest BCUT2D eigenvalue weighted by Crippen LogP contribution is 2.02. The number of hydrogen-bond donors (Lipinski definition) is 2. The van der Waals surface area contributed by atoms with Gasteiger partial charge in [-0.2, -0.15) is 0 Å². The number of hydrogen-bond acceptors (Lipinski definition) is 4. The number of amidine groups is 1. The summed E-state index contributed by atoms with van der Waals surface area (Å²) < 4.78 is 0. The Kier molecular flexibility index (Phi) is 1.30. The second-order valence-corrected chi connectivity index (χ2v) is 2.50. The van der Waals surface area contributed by atoms with Crippen molar-refractivity contribution in [2.45, 2.75) is 6.17 Å². The highest BCUT2D eigenvalue weighted by atomic mass is 32.1. The zero-order chi connectivity index (χ0) is 7.84. The largest absolute Gasteiger partial charge is 0.314 e. The van der Waals surface area contributed by atoms with Gasteiger partial charge in [0.2, 0.25) is 0 Å². The van der Waals surface area contributed by atoms with Crippen LogP contribution in [-0.4, -0.2) is 29.2 Å². The molecular formula is C5H5N5S. The lowest BCUT2D eigenvalue weighted by molar-refractivity contribution is 0.930. The molecule has 0 aromatic carbocycles. The summed E-state index contributed by atoms with van der Waals surface area (Å²) in [5.74, 6) is 0.623. The molecule has 2 heterocycles. The maximum absolute atomic E-state index is 5.57. The van der Waals surface area contributed by atoms with E-state index in [0.29, 0.717) is 16.7 Å². The lowest BCUT2D eigenvalue weighted by Crippen LogP contribution is -2.39. The molecule has 0 radical (unpaired) electrons. The smallest absolute Gasteiger partial charge is 0.198 e. The second kappa shape index (κ2) is 2.18. The van der Waals surface area contributed by atoms with Gasteiger partial charge in [0.1, 0.15) is 18.2 Å². The number of nitrogens with zero attached hydrogens (tertiary/aromatic N) is 3. The SMILES string of the molecule is NC1N=CN=C2NC(=S)N=C21. The van der Waals surface area contributed by atoms with Crippen molar-refractivity contribution in [3.63, 3.8) is 0 Å². The van der Waals surface area contributed by atoms with Crippen LogP contribution >= 0.6 is 12.2 Å². The molecule has 11 heavy (non-hydrogen) atoms. The number of aliphatic imine (C=N–C) groups is 3. The first-order chi connectivity index (χ1) is 5.27. The standard InChI is InChI=1S/C5H5N5S/c6-3-2-4(8-1-7-3)10-5(11)9-2/h1,3H,6H2,(H,7,8,10,11). The van der Waals surface area contributed by atoms with Crippen molar-refractivity contribution in [2.24, 2.45) is 20.7 Å². The van der Waals surface area contributed by atoms with Crippen LogP contribution in [0.25, 0.3) is 0 Å². The molecule has 0 saturated carbocycles. The van der Waals surface area contributed by atoms with Gasteiger partial charge in [-0.3, -0.25) is 0 Å². The summed E-state index contributed by atoms with van der Waals surface area (Å²) in [6.45, 7) is 0. The minimum absolute atomic E-state index is 0.403. The molecule has 0 spiro atoms. The predicted octanol–water partition coefficient (Wildman–Crippen LogP) is -0.959. The molecule has 1 unspecified atom stereocenters. The van der Waals surface area contributed by atoms with Crippen LogP contribution in [0.5, 0.6) is 0 Å². The van der Waals surface area contributed by atoms with Crippen LogP contribution in [0.3, 0.4) is 0 Å². The Labute approximate surface area is 68.1 Å². The molecule has 2 aliphatic heterocycles. The van der Waals surface area contributed by atoms with Crippen LogP contribution in [0, 0.1) is 0 Å². The zero-order valence-electron chi connectivity index (χ0n) is 5.48. The van der Waals surface area contributed by atoms with Gasteiger partial charge in [-0.15, -0.1) is 0 Å². The van der Waals surface area contributed by atoms with Crippen LogP contribution in [0.15, 0.2) is 15.0 Å². The fourth-order valence-electron chi connectivity index (χ4n) is 0.894. The van der Waals surface area contributed by atoms with Crippen molar-refractivity contribution in [1.29, 1.82) is 0 Å². The summed E-state index contributed by atoms with van der Waals surface area (Å²) in [4.78, 5) is 11.7. The quantitative estimate of drug-likeness (QED) is 0.456. The van der Waals surface area contributed by atoms with E-state index in [1.807, 2.05) is 0 Å². The van der Waals surface area contributed by atoms with Crippen molar-refractivity contribution in [1.82, 2.24) is 5.32 Å². The zero-order valence-corrected chi connectivity index (χ0v) is 6.30. The Morgan fingerprint density at radius 3 is 3.18 bits per heavy atom. The van der Waals surface area contributed by atoms with Crippen LogP contribution in [-0.2, 0) is 0 Å². The minimum Gasteiger partial charge on any atom is -0.314 e. The number of rotatable bonds is 0. The van der Waals surface area contributed by atoms with E-state index in [9.17, 15) is 0 Å². The molecule has 0 aliphatic carbocycles. The van der Waals surface area contributed by atoms with Gasteiger partial charge in [0, 0.05) is 0 Å². The normalized spacial score (nSPS) is 27.4. The van der Waals surface area contributed by atoms with Crippen molar-refractivity contribution in [3.8, 4) is 0 Å². The van der Waals surface area contributed by atoms with Crippen molar-refractivity contribution in [2.75, 3.05) is 0 Å². The summed E-state index contributed by atoms with van der Waals surface area (Å²) in [6, 6.07) is 0. The van der Waals surface area contributed by atoms with E-state index in [0.717, 1.165) is 0 Å². The van der Waals surface area contributed by atoms with Gasteiger partial charge in [-0.1, -0.05) is 0 Å². The molecule has 56 valence electrons. The van der Waals surface area contributed by atoms with Crippen LogP contribution < -0.4 is 11.1 Å². The third-order valence-electron chi connectivity index (χ3n) is 1.38. The average Bonchev–Trinajstić information content (AvgIpc) is 2.31. The lowest BCUT2D eigenvalue weighted by atomic mass is 10.3. The molecule has 2 aliphatic rings. The van der Waals surface area contributed by atoms with Crippen LogP contribution in [0.1, 0.15) is 0 Å². The molecule has 0 amide bonds. The molecule has 0 aromatic heterocycles. The highest BCUT2D eigenvalue weighted by Gasteiger charge is 2.25. The Bertz CT molecular complexity index is 302. The van der Waals surface area contributed by atoms with Gasteiger partial charge in [-0.25, -0.2) is 15.0 Å². The van der Waals surface area contributed by atoms with E-state index in [4.69, 9.17) is 18.0 Å². The van der Waals surface area contributed by atoms with E-state index < -0.39 is 6.17 Å². The summed E-state index contributed by atoms with van der Waals surface area (Å²) in [6.07, 6.45) is 0.982. The van der Waals surface area contributed by atoms with E-state index in [2.05, 4.69) is 20.3 Å². The number of thiocarbonyl (C=S) groups is 1. The molecule has 3 N–H and O–H groups in total. The predicted molar refractivity (Wildman–Crippen MR) is 47.1 cm³/mol. The Morgan fingerprint density at radius 1 is 1.64 bits per heavy atom. The second-order valence-electron chi connectivity index (χ2n) is 2.11. The van der Waals surface area contributed by atoms with Gasteiger partial charge >= 0.3 is 0 Å². The van der Waals surface area contributed by atoms with Crippen molar-refractivity contribution < 1.29 is 0 Å². The molecule has 6 heteroatoms. The molecule has 5 nitrogen and oxygen atoms in total. The van der Waals surface area contributed by atoms with Crippen molar-refractivity contribution in [3.05, 3.63) is 0 Å². The van der Waals surface area contributed by atoms with E-state index in [1.165, 1.54) is 6.34 Å². The molecule has 1 atom stereocenters. The third-order valence-corrected chi connectivity index (χ3v) is 1.58. The topological polar surface area (TPSA) is 75.1 Å². The molecule has 0 aromatic rings. The van der Waals surface area contributed by atoms with E-state index >= 15 is 0 Å². The Hall–Kier alpha value is -1.14. The van der Waals surface area contributed by atoms with E-state index in [1.54, 1.807) is 0 Å². The molecule has 0 saturated heterocycles. The molecule has 0 bridgehead atoms. The summed E-state index contributed by atoms with van der Waals surface area (Å²) >= 11 is 4.80. The highest BCUT2D eigenvalue weighted by molar-refractivity contribution is 7.80. The van der Waals surface area contributed by atoms with Gasteiger partial charge < -0.3 is 11.1 Å². The first kappa shape index (κ1) is 6.56. The summed E-state index contributed by atoms with van der Waals surface area (Å²) in [5.41, 5.74) is 6.20. The Balaban J connectivity index is 2.43. The lowest BCUT2D eigenvalue weighted by Gasteiger charge is -2.08. The fraction of sp³-hybridized carbons (Fsp3) is 0.200. The first-order valence-corrected chi connectivity index (χ1v) is 3.43. The molecular weight excluding hydrogens is 162 g/mol. The van der Waals surface area contributed by atoms with Gasteiger partial charge in [0.25, 0.3) is 0 Å². The maximum Gasteiger partial charge on any atom is 0.198 e. The van der Waals surface area contributed by atoms with Crippen LogP contribution in [0.4, 0.5) is 0 Å². The fourth-order valence-corrected chi connectivity index (χ4v) is 1.09. The van der Waals surface area contributed by atoms with Gasteiger partial charge in [0.15, 0.2) is 10.9 Å². The summed E-state index contributed by atoms with van der Waals surface area (Å²) in [5, 5.41) is 3.20. The average molecular weight is 167 g/mol. The molecule has 2 rings (SSSR count).